The average Bonchev–Trinajstić information content (AvgIpc) is 3.21. The molecular formula is C26H36N4O. The number of carbonyl (C=O) groups is 1. The molecule has 1 aromatic carbocycles. The van der Waals surface area contributed by atoms with E-state index in [1.807, 2.05) is 6.92 Å². The second-order valence-electron chi connectivity index (χ2n) is 10.3. The Morgan fingerprint density at radius 1 is 1.19 bits per heavy atom. The maximum Gasteiger partial charge on any atom is 0.275 e. The molecule has 5 atom stereocenters. The second kappa shape index (κ2) is 7.77. The van der Waals surface area contributed by atoms with E-state index in [0.717, 1.165) is 36.9 Å². The number of rotatable bonds is 4. The summed E-state index contributed by atoms with van der Waals surface area (Å²) in [5, 5.41) is 7.61. The smallest absolute Gasteiger partial charge is 0.275 e. The van der Waals surface area contributed by atoms with Crippen molar-refractivity contribution < 1.29 is 4.79 Å². The monoisotopic (exact) mass is 420 g/mol. The van der Waals surface area contributed by atoms with Crippen molar-refractivity contribution in [3.8, 4) is 0 Å². The average molecular weight is 421 g/mol. The summed E-state index contributed by atoms with van der Waals surface area (Å²) in [4.78, 5) is 19.0. The number of aromatic nitrogens is 2. The van der Waals surface area contributed by atoms with E-state index >= 15 is 0 Å². The lowest BCUT2D eigenvalue weighted by Gasteiger charge is -2.49. The summed E-state index contributed by atoms with van der Waals surface area (Å²) in [6, 6.07) is 12.2. The van der Waals surface area contributed by atoms with Crippen LogP contribution >= 0.6 is 0 Å². The van der Waals surface area contributed by atoms with Crippen LogP contribution in [0.15, 0.2) is 30.3 Å². The maximum absolute atomic E-state index is 14.0. The fraction of sp³-hybridized carbons (Fsp3) is 0.615. The van der Waals surface area contributed by atoms with E-state index in [-0.39, 0.29) is 17.4 Å². The van der Waals surface area contributed by atoms with Crippen molar-refractivity contribution in [3.63, 3.8) is 0 Å². The van der Waals surface area contributed by atoms with Gasteiger partial charge >= 0.3 is 0 Å². The molecule has 5 heteroatoms. The number of aromatic amines is 1. The first kappa shape index (κ1) is 20.7. The topological polar surface area (TPSA) is 52.2 Å². The molecule has 1 aromatic heterocycles. The molecule has 0 radical (unpaired) electrons. The van der Waals surface area contributed by atoms with Crippen molar-refractivity contribution in [2.24, 2.45) is 5.41 Å². The number of nitrogens with zero attached hydrogens (tertiary/aromatic N) is 3. The quantitative estimate of drug-likeness (QED) is 0.799. The van der Waals surface area contributed by atoms with Crippen molar-refractivity contribution in [2.75, 3.05) is 7.05 Å². The predicted molar refractivity (Wildman–Crippen MR) is 123 cm³/mol. The summed E-state index contributed by atoms with van der Waals surface area (Å²) in [6.45, 7) is 6.61. The first-order valence-electron chi connectivity index (χ1n) is 12.1. The van der Waals surface area contributed by atoms with Crippen LogP contribution in [0.25, 0.3) is 0 Å². The van der Waals surface area contributed by atoms with Crippen molar-refractivity contribution in [1.29, 1.82) is 0 Å². The number of nitrogens with one attached hydrogen (secondary N) is 1. The summed E-state index contributed by atoms with van der Waals surface area (Å²) >= 11 is 0. The van der Waals surface area contributed by atoms with Gasteiger partial charge in [-0.1, -0.05) is 57.0 Å². The van der Waals surface area contributed by atoms with Crippen molar-refractivity contribution in [3.05, 3.63) is 52.8 Å². The summed E-state index contributed by atoms with van der Waals surface area (Å²) in [7, 11) is 2.31. The molecule has 166 valence electrons. The van der Waals surface area contributed by atoms with E-state index in [2.05, 4.69) is 71.2 Å². The molecule has 2 bridgehead atoms. The van der Waals surface area contributed by atoms with Crippen LogP contribution in [-0.2, 0) is 12.8 Å². The van der Waals surface area contributed by atoms with Gasteiger partial charge in [-0.05, 0) is 51.6 Å². The van der Waals surface area contributed by atoms with Crippen molar-refractivity contribution >= 4 is 5.91 Å². The molecular weight excluding hydrogens is 384 g/mol. The van der Waals surface area contributed by atoms with Gasteiger partial charge in [-0.2, -0.15) is 5.10 Å². The number of H-pyrrole nitrogens is 1. The minimum absolute atomic E-state index is 0.140. The minimum Gasteiger partial charge on any atom is -0.329 e. The molecule has 1 N–H and O–H groups in total. The first-order chi connectivity index (χ1) is 15.0. The fourth-order valence-electron chi connectivity index (χ4n) is 7.10. The highest BCUT2D eigenvalue weighted by atomic mass is 16.2. The zero-order valence-corrected chi connectivity index (χ0v) is 19.4. The highest BCUT2D eigenvalue weighted by molar-refractivity contribution is 5.94. The van der Waals surface area contributed by atoms with Crippen LogP contribution in [0.5, 0.6) is 0 Å². The Morgan fingerprint density at radius 3 is 2.58 bits per heavy atom. The Bertz CT molecular complexity index is 954. The van der Waals surface area contributed by atoms with E-state index in [9.17, 15) is 4.79 Å². The third kappa shape index (κ3) is 3.15. The normalized spacial score (nSPS) is 32.8. The van der Waals surface area contributed by atoms with Crippen molar-refractivity contribution in [1.82, 2.24) is 20.0 Å². The van der Waals surface area contributed by atoms with Gasteiger partial charge in [0.25, 0.3) is 5.91 Å². The lowest BCUT2D eigenvalue weighted by atomic mass is 9.69. The molecule has 3 aliphatic rings. The molecule has 2 aliphatic heterocycles. The second-order valence-corrected chi connectivity index (χ2v) is 10.3. The molecule has 1 saturated carbocycles. The number of benzene rings is 1. The molecule has 2 saturated heterocycles. The molecule has 3 heterocycles. The lowest BCUT2D eigenvalue weighted by Crippen LogP contribution is -2.58. The van der Waals surface area contributed by atoms with Gasteiger partial charge in [0.05, 0.1) is 0 Å². The Labute approximate surface area is 186 Å². The summed E-state index contributed by atoms with van der Waals surface area (Å²) in [5.74, 6) is 0.140. The molecule has 0 spiro atoms. The van der Waals surface area contributed by atoms with Crippen LogP contribution in [-0.4, -0.2) is 57.1 Å². The van der Waals surface area contributed by atoms with Gasteiger partial charge < -0.3 is 4.90 Å². The van der Waals surface area contributed by atoms with Crippen LogP contribution in [0.3, 0.4) is 0 Å². The summed E-state index contributed by atoms with van der Waals surface area (Å²) < 4.78 is 0. The molecule has 5 rings (SSSR count). The number of likely N-dealkylation sites (tertiary alicyclic amines) is 2. The Kier molecular flexibility index (Phi) is 5.20. The first-order valence-corrected chi connectivity index (χ1v) is 12.1. The van der Waals surface area contributed by atoms with Gasteiger partial charge in [-0.15, -0.1) is 0 Å². The number of fused-ring (bicyclic) bond motifs is 1. The fourth-order valence-corrected chi connectivity index (χ4v) is 7.10. The molecule has 5 nitrogen and oxygen atoms in total. The zero-order valence-electron chi connectivity index (χ0n) is 19.4. The van der Waals surface area contributed by atoms with Crippen LogP contribution in [0.4, 0.5) is 0 Å². The van der Waals surface area contributed by atoms with E-state index in [4.69, 9.17) is 0 Å². The van der Waals surface area contributed by atoms with Gasteiger partial charge in [0.2, 0.25) is 0 Å². The van der Waals surface area contributed by atoms with Crippen LogP contribution in [0, 0.1) is 12.3 Å². The third-order valence-electron chi connectivity index (χ3n) is 8.72. The number of hydrogen-bond acceptors (Lipinski definition) is 3. The van der Waals surface area contributed by atoms with Gasteiger partial charge in [0.15, 0.2) is 5.69 Å². The van der Waals surface area contributed by atoms with Crippen LogP contribution in [0.1, 0.15) is 73.3 Å². The Balaban J connectivity index is 1.56. The number of piperidine rings is 1. The van der Waals surface area contributed by atoms with E-state index in [1.54, 1.807) is 0 Å². The molecule has 1 aliphatic carbocycles. The number of hydrogen-bond donors (Lipinski definition) is 1. The van der Waals surface area contributed by atoms with Gasteiger partial charge in [0.1, 0.15) is 0 Å². The van der Waals surface area contributed by atoms with E-state index in [1.165, 1.54) is 24.8 Å². The summed E-state index contributed by atoms with van der Waals surface area (Å²) in [6.07, 6.45) is 7.80. The van der Waals surface area contributed by atoms with Crippen molar-refractivity contribution in [2.45, 2.75) is 89.9 Å². The molecule has 3 fully saturated rings. The Hall–Kier alpha value is -2.14. The largest absolute Gasteiger partial charge is 0.329 e. The number of carbonyl (C=O) groups excluding carboxylic acids is 1. The SMILES string of the molecule is CCc1[nH]nc(C(=O)N2[C@H]3CCCC[C@H]4N(C)[C@H](Cc5ccccc5)[C@@H]2C[C@@]34C)c1C. The van der Waals surface area contributed by atoms with Crippen LogP contribution in [0.2, 0.25) is 0 Å². The molecule has 2 aromatic rings. The molecule has 31 heavy (non-hydrogen) atoms. The number of aryl methyl sites for hydroxylation is 1. The highest BCUT2D eigenvalue weighted by Gasteiger charge is 2.62. The van der Waals surface area contributed by atoms with Gasteiger partial charge in [-0.25, -0.2) is 0 Å². The minimum atomic E-state index is 0.140. The molecule has 0 unspecified atom stereocenters. The van der Waals surface area contributed by atoms with E-state index < -0.39 is 0 Å². The zero-order chi connectivity index (χ0) is 21.8. The third-order valence-corrected chi connectivity index (χ3v) is 8.72. The van der Waals surface area contributed by atoms with Gasteiger partial charge in [-0.3, -0.25) is 14.8 Å². The molecule has 1 amide bonds. The number of amides is 1. The lowest BCUT2D eigenvalue weighted by molar-refractivity contribution is 0.0155. The van der Waals surface area contributed by atoms with E-state index in [0.29, 0.717) is 23.8 Å². The number of likely N-dealkylation sites (N-methyl/N-ethyl adjacent to an activating group) is 1. The summed E-state index contributed by atoms with van der Waals surface area (Å²) in [5.41, 5.74) is 4.26. The standard InChI is InChI=1S/C26H36N4O/c1-5-19-17(2)24(28-27-19)25(31)30-21-16-26(3)22(13-9-10-14-23(26)30)29(4)20(21)15-18-11-7-6-8-12-18/h6-8,11-12,20-23H,5,9-10,13-16H2,1-4H3,(H,27,28)/t20-,21+,22-,23+,26-/m1/s1. The van der Waals surface area contributed by atoms with Crippen LogP contribution < -0.4 is 0 Å². The highest BCUT2D eigenvalue weighted by Crippen LogP contribution is 2.55. The maximum atomic E-state index is 14.0. The predicted octanol–water partition coefficient (Wildman–Crippen LogP) is 4.37. The van der Waals surface area contributed by atoms with Gasteiger partial charge in [0, 0.05) is 40.8 Å². The Morgan fingerprint density at radius 2 is 1.90 bits per heavy atom.